The van der Waals surface area contributed by atoms with Gasteiger partial charge in [-0.25, -0.2) is 0 Å². The van der Waals surface area contributed by atoms with Gasteiger partial charge in [-0.2, -0.15) is 0 Å². The first-order valence-corrected chi connectivity index (χ1v) is 10.7. The number of fused-ring (bicyclic) bond motifs is 1. The van der Waals surface area contributed by atoms with Crippen molar-refractivity contribution in [1.29, 1.82) is 0 Å². The van der Waals surface area contributed by atoms with Crippen LogP contribution in [-0.2, 0) is 38.2 Å². The SMILES string of the molecule is CC(=O)O[C@@H]1[C@@H](OC(C)=O)[C@]2(OC[C@H]1OC(C)=O)ON=C(c1ccc3ccccc3c1)S2. The summed E-state index contributed by atoms with van der Waals surface area (Å²) >= 11 is 1.09. The Morgan fingerprint density at radius 3 is 2.34 bits per heavy atom. The van der Waals surface area contributed by atoms with Gasteiger partial charge < -0.3 is 23.8 Å². The van der Waals surface area contributed by atoms with Gasteiger partial charge in [0.25, 0.3) is 0 Å². The zero-order valence-electron chi connectivity index (χ0n) is 17.6. The van der Waals surface area contributed by atoms with E-state index in [9.17, 15) is 14.4 Å². The number of oxime groups is 1. The Hall–Kier alpha value is -3.11. The van der Waals surface area contributed by atoms with Crippen LogP contribution in [0, 0.1) is 0 Å². The predicted octanol–water partition coefficient (Wildman–Crippen LogP) is 2.74. The maximum absolute atomic E-state index is 11.9. The molecule has 9 nitrogen and oxygen atoms in total. The van der Waals surface area contributed by atoms with Crippen LogP contribution in [0.1, 0.15) is 26.3 Å². The minimum atomic E-state index is -1.61. The largest absolute Gasteiger partial charge is 0.456 e. The molecular weight excluding hydrogens is 438 g/mol. The fourth-order valence-corrected chi connectivity index (χ4v) is 4.70. The van der Waals surface area contributed by atoms with E-state index in [1.54, 1.807) is 0 Å². The molecule has 4 rings (SSSR count). The van der Waals surface area contributed by atoms with Crippen LogP contribution in [0.4, 0.5) is 0 Å². The van der Waals surface area contributed by atoms with E-state index in [0.717, 1.165) is 28.1 Å². The smallest absolute Gasteiger partial charge is 0.332 e. The molecule has 2 aromatic rings. The van der Waals surface area contributed by atoms with Crippen molar-refractivity contribution < 1.29 is 38.2 Å². The molecule has 168 valence electrons. The van der Waals surface area contributed by atoms with Crippen LogP contribution >= 0.6 is 11.8 Å². The molecule has 0 radical (unpaired) electrons. The fraction of sp³-hybridized carbons (Fsp3) is 0.364. The highest BCUT2D eigenvalue weighted by molar-refractivity contribution is 8.15. The highest BCUT2D eigenvalue weighted by Crippen LogP contribution is 2.46. The van der Waals surface area contributed by atoms with Crippen molar-refractivity contribution >= 4 is 45.5 Å². The summed E-state index contributed by atoms with van der Waals surface area (Å²) in [5.74, 6) is -1.89. The van der Waals surface area contributed by atoms with Gasteiger partial charge in [0, 0.05) is 26.3 Å². The molecule has 0 aliphatic carbocycles. The molecule has 0 saturated carbocycles. The average molecular weight is 459 g/mol. The summed E-state index contributed by atoms with van der Waals surface area (Å²) in [5.41, 5.74) is 0.780. The standard InChI is InChI=1S/C22H21NO8S/c1-12(24)28-18-11-27-22(20(30-14(3)26)19(18)29-13(2)25)31-23-21(32-22)17-9-8-15-6-4-5-7-16(15)10-17/h4-10,18-20H,11H2,1-3H3/t18-,19+,20-,22+/m1/s1. The van der Waals surface area contributed by atoms with Gasteiger partial charge in [0.05, 0.1) is 6.61 Å². The van der Waals surface area contributed by atoms with E-state index >= 15 is 0 Å². The summed E-state index contributed by atoms with van der Waals surface area (Å²) in [5, 5.41) is 5.14. The molecule has 1 saturated heterocycles. The maximum Gasteiger partial charge on any atom is 0.332 e. The van der Waals surface area contributed by atoms with Gasteiger partial charge in [-0.05, 0) is 28.6 Å². The van der Waals surface area contributed by atoms with Crippen molar-refractivity contribution in [2.45, 2.75) is 44.2 Å². The summed E-state index contributed by atoms with van der Waals surface area (Å²) in [7, 11) is 0. The number of carbonyl (C=O) groups excluding carboxylic acids is 3. The van der Waals surface area contributed by atoms with Gasteiger partial charge in [-0.1, -0.05) is 41.6 Å². The molecule has 4 atom stereocenters. The van der Waals surface area contributed by atoms with Gasteiger partial charge in [-0.3, -0.25) is 14.4 Å². The minimum absolute atomic E-state index is 0.150. The monoisotopic (exact) mass is 459 g/mol. The van der Waals surface area contributed by atoms with Crippen molar-refractivity contribution in [3.05, 3.63) is 48.0 Å². The highest BCUT2D eigenvalue weighted by atomic mass is 32.2. The summed E-state index contributed by atoms with van der Waals surface area (Å²) in [6.07, 6.45) is -3.37. The van der Waals surface area contributed by atoms with E-state index < -0.39 is 41.3 Å². The Bertz CT molecular complexity index is 1100. The lowest BCUT2D eigenvalue weighted by Crippen LogP contribution is -2.62. The zero-order valence-corrected chi connectivity index (χ0v) is 18.4. The molecule has 0 unspecified atom stereocenters. The number of hydrogen-bond acceptors (Lipinski definition) is 10. The summed E-state index contributed by atoms with van der Waals surface area (Å²) < 4.78 is 22.0. The second-order valence-corrected chi connectivity index (χ2v) is 8.48. The number of rotatable bonds is 4. The molecule has 10 heteroatoms. The normalized spacial score (nSPS) is 26.8. The number of hydrogen-bond donors (Lipinski definition) is 0. The third kappa shape index (κ3) is 4.42. The predicted molar refractivity (Wildman–Crippen MR) is 115 cm³/mol. The molecule has 0 bridgehead atoms. The Kier molecular flexibility index (Phi) is 6.07. The first kappa shape index (κ1) is 22.1. The van der Waals surface area contributed by atoms with E-state index in [0.29, 0.717) is 5.04 Å². The summed E-state index contributed by atoms with van der Waals surface area (Å²) in [4.78, 5) is 40.9. The Morgan fingerprint density at radius 2 is 1.66 bits per heavy atom. The molecule has 2 aliphatic heterocycles. The fourth-order valence-electron chi connectivity index (χ4n) is 3.61. The third-order valence-corrected chi connectivity index (χ3v) is 6.08. The Balaban J connectivity index is 1.65. The second-order valence-electron chi connectivity index (χ2n) is 7.32. The van der Waals surface area contributed by atoms with Gasteiger partial charge in [0.2, 0.25) is 6.10 Å². The van der Waals surface area contributed by atoms with Gasteiger partial charge in [0.1, 0.15) is 5.04 Å². The van der Waals surface area contributed by atoms with Crippen LogP contribution in [0.15, 0.2) is 47.6 Å². The van der Waals surface area contributed by atoms with Crippen molar-refractivity contribution in [2.24, 2.45) is 5.16 Å². The Morgan fingerprint density at radius 1 is 0.969 bits per heavy atom. The maximum atomic E-state index is 11.9. The van der Waals surface area contributed by atoms with E-state index in [1.807, 2.05) is 42.5 Å². The van der Waals surface area contributed by atoms with E-state index in [4.69, 9.17) is 23.8 Å². The van der Waals surface area contributed by atoms with Crippen LogP contribution in [0.3, 0.4) is 0 Å². The molecule has 2 aliphatic rings. The summed E-state index contributed by atoms with van der Waals surface area (Å²) in [6.45, 7) is 3.48. The number of thioether (sulfide) groups is 1. The second kappa shape index (κ2) is 8.79. The Labute approximate surface area is 188 Å². The number of esters is 3. The molecule has 1 fully saturated rings. The van der Waals surface area contributed by atoms with Crippen LogP contribution < -0.4 is 0 Å². The lowest BCUT2D eigenvalue weighted by Gasteiger charge is -2.43. The lowest BCUT2D eigenvalue weighted by atomic mass is 10.0. The molecular formula is C22H21NO8S. The molecule has 32 heavy (non-hydrogen) atoms. The number of ether oxygens (including phenoxy) is 4. The molecule has 0 amide bonds. The van der Waals surface area contributed by atoms with Gasteiger partial charge >= 0.3 is 23.0 Å². The molecule has 2 aromatic carbocycles. The average Bonchev–Trinajstić information content (AvgIpc) is 3.17. The van der Waals surface area contributed by atoms with Crippen molar-refractivity contribution in [3.63, 3.8) is 0 Å². The molecule has 2 heterocycles. The van der Waals surface area contributed by atoms with Crippen molar-refractivity contribution in [2.75, 3.05) is 6.61 Å². The van der Waals surface area contributed by atoms with Crippen LogP contribution in [-0.4, -0.2) is 53.0 Å². The number of benzene rings is 2. The highest BCUT2D eigenvalue weighted by Gasteiger charge is 2.62. The zero-order chi connectivity index (χ0) is 22.9. The third-order valence-electron chi connectivity index (χ3n) is 4.87. The summed E-state index contributed by atoms with van der Waals surface area (Å²) in [6, 6.07) is 13.7. The van der Waals surface area contributed by atoms with Gasteiger partial charge in [-0.15, -0.1) is 0 Å². The first-order chi connectivity index (χ1) is 15.3. The van der Waals surface area contributed by atoms with Gasteiger partial charge in [0.15, 0.2) is 12.2 Å². The van der Waals surface area contributed by atoms with Crippen LogP contribution in [0.2, 0.25) is 0 Å². The molecule has 1 spiro atoms. The topological polar surface area (TPSA) is 110 Å². The van der Waals surface area contributed by atoms with Crippen molar-refractivity contribution in [1.82, 2.24) is 0 Å². The molecule has 0 N–H and O–H groups in total. The minimum Gasteiger partial charge on any atom is -0.456 e. The van der Waals surface area contributed by atoms with E-state index in [2.05, 4.69) is 5.16 Å². The molecule has 0 aromatic heterocycles. The first-order valence-electron chi connectivity index (χ1n) is 9.87. The van der Waals surface area contributed by atoms with E-state index in [-0.39, 0.29) is 6.61 Å². The number of carbonyl (C=O) groups is 3. The van der Waals surface area contributed by atoms with E-state index in [1.165, 1.54) is 20.8 Å². The lowest BCUT2D eigenvalue weighted by molar-refractivity contribution is -0.296. The number of nitrogens with zero attached hydrogens (tertiary/aromatic N) is 1. The van der Waals surface area contributed by atoms with Crippen molar-refractivity contribution in [3.8, 4) is 0 Å². The van der Waals surface area contributed by atoms with Crippen LogP contribution in [0.5, 0.6) is 0 Å². The quantitative estimate of drug-likeness (QED) is 0.503. The van der Waals surface area contributed by atoms with Crippen LogP contribution in [0.25, 0.3) is 10.8 Å².